The average molecular weight is 424 g/mol. The van der Waals surface area contributed by atoms with E-state index in [-0.39, 0.29) is 19.6 Å². The number of hydrogen-bond acceptors (Lipinski definition) is 5. The molecular weight excluding hydrogens is 402 g/mol. The SMILES string of the molecule is C=CCOC(=O)C(CCO)N(c1ccc(-c2ccc(Cl)cc2)cc1)S(C)(=O)=O. The number of sulfonamides is 1. The average Bonchev–Trinajstić information content (AvgIpc) is 2.66. The summed E-state index contributed by atoms with van der Waals surface area (Å²) in [5.74, 6) is -0.749. The monoisotopic (exact) mass is 423 g/mol. The van der Waals surface area contributed by atoms with Crippen molar-refractivity contribution in [1.29, 1.82) is 0 Å². The Balaban J connectivity index is 2.40. The quantitative estimate of drug-likeness (QED) is 0.494. The molecule has 1 atom stereocenters. The zero-order valence-corrected chi connectivity index (χ0v) is 17.0. The Morgan fingerprint density at radius 1 is 1.18 bits per heavy atom. The van der Waals surface area contributed by atoms with Crippen molar-refractivity contribution in [2.45, 2.75) is 12.5 Å². The Labute approximate surface area is 170 Å². The number of aliphatic hydroxyl groups excluding tert-OH is 1. The highest BCUT2D eigenvalue weighted by molar-refractivity contribution is 7.92. The van der Waals surface area contributed by atoms with Gasteiger partial charge in [0.2, 0.25) is 10.0 Å². The highest BCUT2D eigenvalue weighted by Gasteiger charge is 2.33. The lowest BCUT2D eigenvalue weighted by Crippen LogP contribution is -2.46. The van der Waals surface area contributed by atoms with Gasteiger partial charge in [0.15, 0.2) is 0 Å². The molecule has 0 aliphatic rings. The lowest BCUT2D eigenvalue weighted by Gasteiger charge is -2.29. The van der Waals surface area contributed by atoms with Gasteiger partial charge < -0.3 is 9.84 Å². The van der Waals surface area contributed by atoms with E-state index < -0.39 is 22.0 Å². The van der Waals surface area contributed by atoms with Gasteiger partial charge in [-0.2, -0.15) is 0 Å². The molecule has 6 nitrogen and oxygen atoms in total. The van der Waals surface area contributed by atoms with Crippen LogP contribution in [0.3, 0.4) is 0 Å². The fourth-order valence-electron chi connectivity index (χ4n) is 2.74. The molecule has 0 aliphatic carbocycles. The molecule has 28 heavy (non-hydrogen) atoms. The molecule has 0 fully saturated rings. The first-order valence-corrected chi connectivity index (χ1v) is 10.7. The number of benzene rings is 2. The van der Waals surface area contributed by atoms with Crippen molar-refractivity contribution in [2.75, 3.05) is 23.8 Å². The van der Waals surface area contributed by atoms with Crippen molar-refractivity contribution >= 4 is 33.3 Å². The fourth-order valence-corrected chi connectivity index (χ4v) is 4.02. The Bertz CT molecular complexity index is 911. The highest BCUT2D eigenvalue weighted by Crippen LogP contribution is 2.28. The standard InChI is InChI=1S/C20H22ClNO5S/c1-3-14-27-20(24)19(12-13-23)22(28(2,25)26)18-10-6-16(7-11-18)15-4-8-17(21)9-5-15/h3-11,19,23H,1,12-14H2,2H3. The third kappa shape index (κ3) is 5.58. The summed E-state index contributed by atoms with van der Waals surface area (Å²) in [6.07, 6.45) is 2.30. The van der Waals surface area contributed by atoms with E-state index in [4.69, 9.17) is 16.3 Å². The van der Waals surface area contributed by atoms with Crippen LogP contribution in [0.2, 0.25) is 5.02 Å². The zero-order valence-electron chi connectivity index (χ0n) is 15.4. The van der Waals surface area contributed by atoms with E-state index in [9.17, 15) is 18.3 Å². The Kier molecular flexibility index (Phi) is 7.62. The molecule has 0 aromatic heterocycles. The molecule has 150 valence electrons. The smallest absolute Gasteiger partial charge is 0.330 e. The van der Waals surface area contributed by atoms with Gasteiger partial charge in [-0.1, -0.05) is 48.5 Å². The van der Waals surface area contributed by atoms with Gasteiger partial charge in [0.05, 0.1) is 11.9 Å². The normalized spacial score (nSPS) is 12.2. The van der Waals surface area contributed by atoms with E-state index in [1.807, 2.05) is 12.1 Å². The third-order valence-corrected chi connectivity index (χ3v) is 5.39. The van der Waals surface area contributed by atoms with Crippen LogP contribution in [0, 0.1) is 0 Å². The number of rotatable bonds is 9. The van der Waals surface area contributed by atoms with E-state index in [0.717, 1.165) is 21.7 Å². The number of aliphatic hydroxyl groups is 1. The molecule has 0 aliphatic heterocycles. The van der Waals surface area contributed by atoms with Crippen LogP contribution < -0.4 is 4.31 Å². The van der Waals surface area contributed by atoms with Crippen molar-refractivity contribution in [1.82, 2.24) is 0 Å². The highest BCUT2D eigenvalue weighted by atomic mass is 35.5. The molecule has 2 rings (SSSR count). The summed E-state index contributed by atoms with van der Waals surface area (Å²) >= 11 is 5.90. The van der Waals surface area contributed by atoms with Crippen LogP contribution in [0.15, 0.2) is 61.2 Å². The fraction of sp³-hybridized carbons (Fsp3) is 0.250. The molecule has 0 saturated heterocycles. The lowest BCUT2D eigenvalue weighted by molar-refractivity contribution is -0.144. The Morgan fingerprint density at radius 3 is 2.18 bits per heavy atom. The van der Waals surface area contributed by atoms with Crippen LogP contribution in [0.1, 0.15) is 6.42 Å². The van der Waals surface area contributed by atoms with Gasteiger partial charge in [-0.15, -0.1) is 0 Å². The number of carbonyl (C=O) groups is 1. The molecule has 1 N–H and O–H groups in total. The molecule has 8 heteroatoms. The molecule has 0 bridgehead atoms. The number of hydrogen-bond donors (Lipinski definition) is 1. The molecule has 1 unspecified atom stereocenters. The van der Waals surface area contributed by atoms with Crippen molar-refractivity contribution in [2.24, 2.45) is 0 Å². The minimum atomic E-state index is -3.81. The Morgan fingerprint density at radius 2 is 1.71 bits per heavy atom. The van der Waals surface area contributed by atoms with Crippen LogP contribution >= 0.6 is 11.6 Å². The molecule has 0 radical (unpaired) electrons. The largest absolute Gasteiger partial charge is 0.460 e. The molecule has 2 aromatic rings. The number of halogens is 1. The number of esters is 1. The van der Waals surface area contributed by atoms with Gasteiger partial charge in [0.25, 0.3) is 0 Å². The van der Waals surface area contributed by atoms with Crippen molar-refractivity contribution < 1.29 is 23.1 Å². The summed E-state index contributed by atoms with van der Waals surface area (Å²) in [7, 11) is -3.81. The second kappa shape index (κ2) is 9.73. The summed E-state index contributed by atoms with van der Waals surface area (Å²) in [5, 5.41) is 9.95. The van der Waals surface area contributed by atoms with E-state index >= 15 is 0 Å². The third-order valence-electron chi connectivity index (χ3n) is 3.96. The summed E-state index contributed by atoms with van der Waals surface area (Å²) in [4.78, 5) is 12.4. The van der Waals surface area contributed by atoms with Gasteiger partial charge in [-0.05, 0) is 35.4 Å². The van der Waals surface area contributed by atoms with E-state index in [0.29, 0.717) is 10.7 Å². The summed E-state index contributed by atoms with van der Waals surface area (Å²) in [5.41, 5.74) is 2.08. The predicted molar refractivity (Wildman–Crippen MR) is 111 cm³/mol. The van der Waals surface area contributed by atoms with Crippen LogP contribution in [-0.4, -0.2) is 45.0 Å². The maximum absolute atomic E-state index is 12.4. The van der Waals surface area contributed by atoms with Crippen LogP contribution in [-0.2, 0) is 19.6 Å². The molecular formula is C20H22ClNO5S. The first-order chi connectivity index (χ1) is 13.3. The minimum Gasteiger partial charge on any atom is -0.460 e. The van der Waals surface area contributed by atoms with Gasteiger partial charge in [-0.25, -0.2) is 13.2 Å². The van der Waals surface area contributed by atoms with Crippen LogP contribution in [0.5, 0.6) is 0 Å². The summed E-state index contributed by atoms with van der Waals surface area (Å²) < 4.78 is 30.8. The van der Waals surface area contributed by atoms with Gasteiger partial charge in [-0.3, -0.25) is 4.31 Å². The van der Waals surface area contributed by atoms with Gasteiger partial charge >= 0.3 is 5.97 Å². The van der Waals surface area contributed by atoms with E-state index in [2.05, 4.69) is 6.58 Å². The Hall–Kier alpha value is -2.35. The first kappa shape index (κ1) is 21.9. The number of carbonyl (C=O) groups excluding carboxylic acids is 1. The molecule has 0 saturated carbocycles. The van der Waals surface area contributed by atoms with Crippen molar-refractivity contribution in [3.05, 3.63) is 66.2 Å². The van der Waals surface area contributed by atoms with E-state index in [1.165, 1.54) is 6.08 Å². The second-order valence-electron chi connectivity index (χ2n) is 6.06. The molecule has 0 spiro atoms. The van der Waals surface area contributed by atoms with Crippen molar-refractivity contribution in [3.63, 3.8) is 0 Å². The molecule has 0 amide bonds. The number of anilines is 1. The zero-order chi connectivity index (χ0) is 20.7. The summed E-state index contributed by atoms with van der Waals surface area (Å²) in [6.45, 7) is 3.05. The maximum Gasteiger partial charge on any atom is 0.330 e. The first-order valence-electron chi connectivity index (χ1n) is 8.51. The van der Waals surface area contributed by atoms with Crippen molar-refractivity contribution in [3.8, 4) is 11.1 Å². The van der Waals surface area contributed by atoms with Gasteiger partial charge in [0, 0.05) is 18.1 Å². The topological polar surface area (TPSA) is 83.9 Å². The van der Waals surface area contributed by atoms with Crippen LogP contribution in [0.4, 0.5) is 5.69 Å². The van der Waals surface area contributed by atoms with Gasteiger partial charge in [0.1, 0.15) is 12.6 Å². The summed E-state index contributed by atoms with van der Waals surface area (Å²) in [6, 6.07) is 12.8. The lowest BCUT2D eigenvalue weighted by atomic mass is 10.1. The number of ether oxygens (including phenoxy) is 1. The minimum absolute atomic E-state index is 0.0477. The molecule has 2 aromatic carbocycles. The van der Waals surface area contributed by atoms with Crippen LogP contribution in [0.25, 0.3) is 11.1 Å². The maximum atomic E-state index is 12.4. The predicted octanol–water partition coefficient (Wildman–Crippen LogP) is 3.25. The second-order valence-corrected chi connectivity index (χ2v) is 8.36. The molecule has 0 heterocycles. The van der Waals surface area contributed by atoms with E-state index in [1.54, 1.807) is 36.4 Å². The number of nitrogens with zero attached hydrogens (tertiary/aromatic N) is 1.